The van der Waals surface area contributed by atoms with Crippen LogP contribution >= 0.6 is 27.5 Å². The van der Waals surface area contributed by atoms with Crippen LogP contribution in [0.15, 0.2) is 40.9 Å². The molecule has 1 aliphatic rings. The number of fused-ring (bicyclic) bond motifs is 1. The van der Waals surface area contributed by atoms with E-state index in [4.69, 9.17) is 16.3 Å². The van der Waals surface area contributed by atoms with E-state index in [-0.39, 0.29) is 5.38 Å². The second-order valence-corrected chi connectivity index (χ2v) is 6.39. The molecule has 100 valence electrons. The number of ether oxygens (including phenoxy) is 1. The summed E-state index contributed by atoms with van der Waals surface area (Å²) in [6.45, 7) is 1.65. The van der Waals surface area contributed by atoms with Crippen LogP contribution in [0.3, 0.4) is 0 Å². The molecule has 3 heteroatoms. The van der Waals surface area contributed by atoms with Crippen molar-refractivity contribution in [2.75, 3.05) is 13.2 Å². The summed E-state index contributed by atoms with van der Waals surface area (Å²) in [5.74, 6) is 0.417. The molecular formula is C16H16BrClO. The summed E-state index contributed by atoms with van der Waals surface area (Å²) in [4.78, 5) is 0. The van der Waals surface area contributed by atoms with Crippen LogP contribution in [-0.2, 0) is 4.74 Å². The molecule has 2 unspecified atom stereocenters. The second kappa shape index (κ2) is 5.82. The molecular weight excluding hydrogens is 324 g/mol. The molecule has 0 saturated carbocycles. The largest absolute Gasteiger partial charge is 0.381 e. The van der Waals surface area contributed by atoms with E-state index in [1.807, 2.05) is 0 Å². The van der Waals surface area contributed by atoms with Gasteiger partial charge in [0.1, 0.15) is 0 Å². The lowest BCUT2D eigenvalue weighted by Gasteiger charge is -2.27. The average Bonchev–Trinajstić information content (AvgIpc) is 2.48. The molecule has 0 aromatic heterocycles. The van der Waals surface area contributed by atoms with Crippen molar-refractivity contribution in [3.63, 3.8) is 0 Å². The third-order valence-electron chi connectivity index (χ3n) is 3.81. The lowest BCUT2D eigenvalue weighted by Crippen LogP contribution is -2.21. The van der Waals surface area contributed by atoms with Crippen molar-refractivity contribution < 1.29 is 4.74 Å². The predicted molar refractivity (Wildman–Crippen MR) is 83.8 cm³/mol. The second-order valence-electron chi connectivity index (χ2n) is 5.06. The standard InChI is InChI=1S/C16H16BrClO/c17-15-8-7-14(12-5-1-2-6-13(12)15)16(18)11-4-3-9-19-10-11/h1-2,5-8,11,16H,3-4,9-10H2. The maximum Gasteiger partial charge on any atom is 0.0641 e. The molecule has 19 heavy (non-hydrogen) atoms. The van der Waals surface area contributed by atoms with E-state index in [0.29, 0.717) is 5.92 Å². The summed E-state index contributed by atoms with van der Waals surface area (Å²) in [5.41, 5.74) is 1.22. The van der Waals surface area contributed by atoms with Gasteiger partial charge >= 0.3 is 0 Å². The summed E-state index contributed by atoms with van der Waals surface area (Å²) in [6, 6.07) is 12.6. The van der Waals surface area contributed by atoms with E-state index < -0.39 is 0 Å². The van der Waals surface area contributed by atoms with Crippen LogP contribution in [0, 0.1) is 5.92 Å². The van der Waals surface area contributed by atoms with Crippen molar-refractivity contribution in [2.45, 2.75) is 18.2 Å². The molecule has 0 amide bonds. The molecule has 2 aromatic carbocycles. The van der Waals surface area contributed by atoms with Gasteiger partial charge in [0.05, 0.1) is 12.0 Å². The zero-order valence-corrected chi connectivity index (χ0v) is 13.0. The molecule has 0 bridgehead atoms. The van der Waals surface area contributed by atoms with Crippen molar-refractivity contribution in [2.24, 2.45) is 5.92 Å². The van der Waals surface area contributed by atoms with Crippen LogP contribution in [0.5, 0.6) is 0 Å². The van der Waals surface area contributed by atoms with E-state index >= 15 is 0 Å². The smallest absolute Gasteiger partial charge is 0.0641 e. The van der Waals surface area contributed by atoms with Gasteiger partial charge in [-0.15, -0.1) is 11.6 Å². The normalized spacial score (nSPS) is 21.5. The third kappa shape index (κ3) is 2.67. The number of alkyl halides is 1. The fourth-order valence-corrected chi connectivity index (χ4v) is 3.64. The number of hydrogen-bond acceptors (Lipinski definition) is 1. The molecule has 3 rings (SSSR count). The SMILES string of the molecule is ClC(c1ccc(Br)c2ccccc12)C1CCCOC1. The average molecular weight is 340 g/mol. The fraction of sp³-hybridized carbons (Fsp3) is 0.375. The van der Waals surface area contributed by atoms with Gasteiger partial charge in [0.25, 0.3) is 0 Å². The van der Waals surface area contributed by atoms with E-state index in [2.05, 4.69) is 52.3 Å². The summed E-state index contributed by atoms with van der Waals surface area (Å²) >= 11 is 10.3. The van der Waals surface area contributed by atoms with Crippen LogP contribution in [-0.4, -0.2) is 13.2 Å². The monoisotopic (exact) mass is 338 g/mol. The highest BCUT2D eigenvalue weighted by Gasteiger charge is 2.25. The summed E-state index contributed by atoms with van der Waals surface area (Å²) < 4.78 is 6.69. The van der Waals surface area contributed by atoms with E-state index in [9.17, 15) is 0 Å². The van der Waals surface area contributed by atoms with Gasteiger partial charge in [-0.1, -0.05) is 46.3 Å². The molecule has 2 aromatic rings. The highest BCUT2D eigenvalue weighted by Crippen LogP contribution is 2.39. The first-order chi connectivity index (χ1) is 9.27. The zero-order chi connectivity index (χ0) is 13.2. The highest BCUT2D eigenvalue weighted by atomic mass is 79.9. The van der Waals surface area contributed by atoms with Crippen molar-refractivity contribution >= 4 is 38.3 Å². The van der Waals surface area contributed by atoms with Crippen LogP contribution in [0.25, 0.3) is 10.8 Å². The van der Waals surface area contributed by atoms with Crippen LogP contribution < -0.4 is 0 Å². The van der Waals surface area contributed by atoms with Crippen LogP contribution in [0.1, 0.15) is 23.8 Å². The highest BCUT2D eigenvalue weighted by molar-refractivity contribution is 9.10. The van der Waals surface area contributed by atoms with Crippen LogP contribution in [0.2, 0.25) is 0 Å². The predicted octanol–water partition coefficient (Wildman–Crippen LogP) is 5.31. The number of rotatable bonds is 2. The Bertz CT molecular complexity index is 578. The van der Waals surface area contributed by atoms with E-state index in [1.54, 1.807) is 0 Å². The van der Waals surface area contributed by atoms with Crippen LogP contribution in [0.4, 0.5) is 0 Å². The molecule has 1 nitrogen and oxygen atoms in total. The van der Waals surface area contributed by atoms with Gasteiger partial charge in [-0.3, -0.25) is 0 Å². The van der Waals surface area contributed by atoms with Gasteiger partial charge in [0, 0.05) is 17.0 Å². The van der Waals surface area contributed by atoms with E-state index in [1.165, 1.54) is 16.3 Å². The van der Waals surface area contributed by atoms with Gasteiger partial charge in [0.2, 0.25) is 0 Å². The zero-order valence-electron chi connectivity index (χ0n) is 10.6. The minimum Gasteiger partial charge on any atom is -0.381 e. The molecule has 1 fully saturated rings. The van der Waals surface area contributed by atoms with Gasteiger partial charge < -0.3 is 4.74 Å². The Morgan fingerprint density at radius 1 is 1.16 bits per heavy atom. The number of benzene rings is 2. The topological polar surface area (TPSA) is 9.23 Å². The number of halogens is 2. The van der Waals surface area contributed by atoms with Gasteiger partial charge in [-0.05, 0) is 35.2 Å². The molecule has 0 N–H and O–H groups in total. The van der Waals surface area contributed by atoms with Gasteiger partial charge in [-0.2, -0.15) is 0 Å². The summed E-state index contributed by atoms with van der Waals surface area (Å²) in [5, 5.41) is 2.49. The van der Waals surface area contributed by atoms with Gasteiger partial charge in [0.15, 0.2) is 0 Å². The Balaban J connectivity index is 2.02. The van der Waals surface area contributed by atoms with Crippen molar-refractivity contribution in [3.05, 3.63) is 46.4 Å². The first-order valence-electron chi connectivity index (χ1n) is 6.66. The Morgan fingerprint density at radius 2 is 1.95 bits per heavy atom. The molecule has 0 spiro atoms. The third-order valence-corrected chi connectivity index (χ3v) is 5.09. The van der Waals surface area contributed by atoms with E-state index in [0.717, 1.165) is 30.5 Å². The fourth-order valence-electron chi connectivity index (χ4n) is 2.78. The maximum atomic E-state index is 6.72. The lowest BCUT2D eigenvalue weighted by molar-refractivity contribution is 0.0533. The molecule has 2 atom stereocenters. The summed E-state index contributed by atoms with van der Waals surface area (Å²) in [6.07, 6.45) is 2.26. The Labute approximate surface area is 127 Å². The first-order valence-corrected chi connectivity index (χ1v) is 7.89. The van der Waals surface area contributed by atoms with Gasteiger partial charge in [-0.25, -0.2) is 0 Å². The first kappa shape index (κ1) is 13.4. The summed E-state index contributed by atoms with van der Waals surface area (Å²) in [7, 11) is 0. The Morgan fingerprint density at radius 3 is 2.68 bits per heavy atom. The molecule has 1 heterocycles. The minimum absolute atomic E-state index is 0.0262. The quantitative estimate of drug-likeness (QED) is 0.674. The lowest BCUT2D eigenvalue weighted by atomic mass is 9.91. The molecule has 0 radical (unpaired) electrons. The van der Waals surface area contributed by atoms with Crippen molar-refractivity contribution in [1.82, 2.24) is 0 Å². The van der Waals surface area contributed by atoms with Crippen molar-refractivity contribution in [1.29, 1.82) is 0 Å². The Hall–Kier alpha value is -0.570. The molecule has 1 saturated heterocycles. The minimum atomic E-state index is 0.0262. The number of hydrogen-bond donors (Lipinski definition) is 0. The van der Waals surface area contributed by atoms with Crippen molar-refractivity contribution in [3.8, 4) is 0 Å². The molecule has 0 aliphatic carbocycles. The maximum absolute atomic E-state index is 6.72. The Kier molecular flexibility index (Phi) is 4.11. The molecule has 1 aliphatic heterocycles.